The Balaban J connectivity index is 0.000000322. The number of hydrogen-bond donors (Lipinski definition) is 4. The average molecular weight is 354 g/mol. The highest BCUT2D eigenvalue weighted by Gasteiger charge is 2.31. The first kappa shape index (κ1) is 18.9. The fourth-order valence-corrected chi connectivity index (χ4v) is 1.94. The Morgan fingerprint density at radius 2 is 1.04 bits per heavy atom. The zero-order valence-electron chi connectivity index (χ0n) is 11.9. The molecule has 0 saturated heterocycles. The molecule has 0 heterocycles. The normalized spacial score (nSPS) is 11.6. The molecule has 0 bridgehead atoms. The van der Waals surface area contributed by atoms with E-state index in [0.29, 0.717) is 0 Å². The SMILES string of the molecule is Nc1ccc(C=Cc2ccc(N)cc2)cc1.O=[P+](O)O[P+](=O)O. The molecule has 0 aliphatic carbocycles. The second kappa shape index (κ2) is 9.79. The molecule has 2 atom stereocenters. The Bertz CT molecular complexity index is 628. The van der Waals surface area contributed by atoms with Gasteiger partial charge >= 0.3 is 16.5 Å². The van der Waals surface area contributed by atoms with E-state index in [0.717, 1.165) is 22.5 Å². The minimum Gasteiger partial charge on any atom is -0.399 e. The molecule has 2 rings (SSSR count). The van der Waals surface area contributed by atoms with Gasteiger partial charge in [-0.15, -0.1) is 9.79 Å². The topological polar surface area (TPSA) is 136 Å². The van der Waals surface area contributed by atoms with Crippen LogP contribution in [0.5, 0.6) is 0 Å². The third kappa shape index (κ3) is 8.78. The van der Waals surface area contributed by atoms with Gasteiger partial charge in [0.15, 0.2) is 4.31 Å². The Labute approximate surface area is 135 Å². The maximum Gasteiger partial charge on any atom is 0.745 e. The van der Waals surface area contributed by atoms with E-state index in [1.807, 2.05) is 60.7 Å². The predicted molar refractivity (Wildman–Crippen MR) is 91.4 cm³/mol. The second-order valence-electron chi connectivity index (χ2n) is 4.22. The molecule has 0 radical (unpaired) electrons. The molecular formula is C14H16N2O5P2+2. The van der Waals surface area contributed by atoms with Crippen LogP contribution in [-0.2, 0) is 13.4 Å². The number of nitrogen functional groups attached to an aromatic ring is 2. The molecule has 2 unspecified atom stereocenters. The lowest BCUT2D eigenvalue weighted by Crippen LogP contribution is -1.83. The van der Waals surface area contributed by atoms with Gasteiger partial charge in [-0.2, -0.15) is 0 Å². The highest BCUT2D eigenvalue weighted by molar-refractivity contribution is 7.46. The molecule has 23 heavy (non-hydrogen) atoms. The molecule has 9 heteroatoms. The van der Waals surface area contributed by atoms with E-state index in [-0.39, 0.29) is 0 Å². The highest BCUT2D eigenvalue weighted by Crippen LogP contribution is 2.30. The van der Waals surface area contributed by atoms with Gasteiger partial charge in [0, 0.05) is 20.5 Å². The van der Waals surface area contributed by atoms with Gasteiger partial charge in [-0.05, 0) is 35.4 Å². The summed E-state index contributed by atoms with van der Waals surface area (Å²) >= 11 is 0. The summed E-state index contributed by atoms with van der Waals surface area (Å²) in [7, 11) is -5.85. The molecule has 6 N–H and O–H groups in total. The number of rotatable bonds is 4. The van der Waals surface area contributed by atoms with E-state index < -0.39 is 16.5 Å². The number of anilines is 2. The lowest BCUT2D eigenvalue weighted by atomic mass is 10.1. The van der Waals surface area contributed by atoms with E-state index in [1.165, 1.54) is 0 Å². The van der Waals surface area contributed by atoms with Crippen LogP contribution in [0.2, 0.25) is 0 Å². The first-order valence-electron chi connectivity index (χ1n) is 6.26. The van der Waals surface area contributed by atoms with Gasteiger partial charge in [0.25, 0.3) is 0 Å². The first-order chi connectivity index (χ1) is 10.9. The summed E-state index contributed by atoms with van der Waals surface area (Å²) in [4.78, 5) is 15.3. The third-order valence-electron chi connectivity index (χ3n) is 2.48. The molecule has 0 fully saturated rings. The average Bonchev–Trinajstić information content (AvgIpc) is 2.47. The standard InChI is InChI=1S/C14H14N2.O5P2/c15-13-7-3-11(4-8-13)1-2-12-5-9-14(16)10-6-12;1-6(2)5-7(3)4/h1-10H,15-16H2;/p+2. The molecule has 2 aromatic rings. The fourth-order valence-electron chi connectivity index (χ4n) is 1.47. The van der Waals surface area contributed by atoms with Crippen molar-refractivity contribution in [2.24, 2.45) is 0 Å². The molecule has 0 aliphatic rings. The quantitative estimate of drug-likeness (QED) is 0.375. The summed E-state index contributed by atoms with van der Waals surface area (Å²) in [5.74, 6) is 0. The summed E-state index contributed by atoms with van der Waals surface area (Å²) < 4.78 is 22.2. The van der Waals surface area contributed by atoms with Crippen LogP contribution in [0.1, 0.15) is 11.1 Å². The van der Waals surface area contributed by atoms with Crippen molar-refractivity contribution in [1.82, 2.24) is 0 Å². The van der Waals surface area contributed by atoms with Crippen LogP contribution < -0.4 is 11.5 Å². The van der Waals surface area contributed by atoms with E-state index in [1.54, 1.807) is 0 Å². The van der Waals surface area contributed by atoms with Crippen LogP contribution in [-0.4, -0.2) is 9.79 Å². The zero-order valence-corrected chi connectivity index (χ0v) is 13.7. The van der Waals surface area contributed by atoms with Crippen LogP contribution in [0.25, 0.3) is 12.2 Å². The lowest BCUT2D eigenvalue weighted by Gasteiger charge is -1.96. The Morgan fingerprint density at radius 1 is 0.739 bits per heavy atom. The smallest absolute Gasteiger partial charge is 0.399 e. The van der Waals surface area contributed by atoms with Crippen LogP contribution in [0.15, 0.2) is 48.5 Å². The van der Waals surface area contributed by atoms with Gasteiger partial charge < -0.3 is 11.5 Å². The van der Waals surface area contributed by atoms with Gasteiger partial charge in [-0.25, -0.2) is 0 Å². The monoisotopic (exact) mass is 354 g/mol. The van der Waals surface area contributed by atoms with Crippen LogP contribution >= 0.6 is 16.5 Å². The Hall–Kier alpha value is -2.14. The van der Waals surface area contributed by atoms with Crippen molar-refractivity contribution in [3.8, 4) is 0 Å². The molecule has 2 aromatic carbocycles. The molecule has 7 nitrogen and oxygen atoms in total. The van der Waals surface area contributed by atoms with Gasteiger partial charge in [0.05, 0.1) is 0 Å². The van der Waals surface area contributed by atoms with Gasteiger partial charge in [0.1, 0.15) is 0 Å². The summed E-state index contributed by atoms with van der Waals surface area (Å²) in [6.07, 6.45) is 4.09. The van der Waals surface area contributed by atoms with Crippen LogP contribution in [0.3, 0.4) is 0 Å². The van der Waals surface area contributed by atoms with Crippen molar-refractivity contribution in [1.29, 1.82) is 0 Å². The third-order valence-corrected chi connectivity index (χ3v) is 3.60. The summed E-state index contributed by atoms with van der Waals surface area (Å²) in [5.41, 5.74) is 15.1. The molecule has 120 valence electrons. The van der Waals surface area contributed by atoms with Gasteiger partial charge in [-0.1, -0.05) is 36.4 Å². The molecule has 0 aliphatic heterocycles. The van der Waals surface area contributed by atoms with Crippen molar-refractivity contribution in [2.45, 2.75) is 0 Å². The Morgan fingerprint density at radius 3 is 1.26 bits per heavy atom. The summed E-state index contributed by atoms with van der Waals surface area (Å²) in [6.45, 7) is 0. The molecule has 0 amide bonds. The predicted octanol–water partition coefficient (Wildman–Crippen LogP) is 3.32. The maximum absolute atomic E-state index is 9.39. The van der Waals surface area contributed by atoms with Gasteiger partial charge in [0.2, 0.25) is 0 Å². The maximum atomic E-state index is 9.39. The van der Waals surface area contributed by atoms with Crippen molar-refractivity contribution in [3.63, 3.8) is 0 Å². The summed E-state index contributed by atoms with van der Waals surface area (Å²) in [6, 6.07) is 15.5. The largest absolute Gasteiger partial charge is 0.745 e. The highest BCUT2D eigenvalue weighted by atomic mass is 31.2. The van der Waals surface area contributed by atoms with E-state index in [9.17, 15) is 9.13 Å². The van der Waals surface area contributed by atoms with Crippen LogP contribution in [0, 0.1) is 0 Å². The van der Waals surface area contributed by atoms with Crippen molar-refractivity contribution < 1.29 is 23.2 Å². The fraction of sp³-hybridized carbons (Fsp3) is 0. The van der Waals surface area contributed by atoms with Crippen LogP contribution in [0.4, 0.5) is 11.4 Å². The van der Waals surface area contributed by atoms with Crippen molar-refractivity contribution in [2.75, 3.05) is 11.5 Å². The molecule has 0 spiro atoms. The lowest BCUT2D eigenvalue weighted by molar-refractivity contribution is 0.371. The van der Waals surface area contributed by atoms with Crippen molar-refractivity contribution in [3.05, 3.63) is 59.7 Å². The molecule has 0 saturated carbocycles. The number of hydrogen-bond acceptors (Lipinski definition) is 5. The molecular weight excluding hydrogens is 338 g/mol. The van der Waals surface area contributed by atoms with E-state index in [2.05, 4.69) is 4.31 Å². The van der Waals surface area contributed by atoms with E-state index in [4.69, 9.17) is 21.3 Å². The zero-order chi connectivity index (χ0) is 17.2. The molecule has 0 aromatic heterocycles. The van der Waals surface area contributed by atoms with Gasteiger partial charge in [-0.3, -0.25) is 0 Å². The number of benzene rings is 2. The first-order valence-corrected chi connectivity index (χ1v) is 8.52. The Kier molecular flexibility index (Phi) is 8.05. The second-order valence-corrected chi connectivity index (χ2v) is 5.83. The summed E-state index contributed by atoms with van der Waals surface area (Å²) in [5, 5.41) is 0. The van der Waals surface area contributed by atoms with E-state index >= 15 is 0 Å². The minimum absolute atomic E-state index is 0.782. The minimum atomic E-state index is -2.92. The van der Waals surface area contributed by atoms with Crippen molar-refractivity contribution >= 4 is 40.0 Å². The number of nitrogens with two attached hydrogens (primary N) is 2.